The molecule has 0 radical (unpaired) electrons. The van der Waals surface area contributed by atoms with E-state index in [1.165, 1.54) is 11.8 Å². The van der Waals surface area contributed by atoms with Gasteiger partial charge in [-0.2, -0.15) is 0 Å². The van der Waals surface area contributed by atoms with Crippen molar-refractivity contribution >= 4 is 33.4 Å². The largest absolute Gasteiger partial charge is 0.508 e. The summed E-state index contributed by atoms with van der Waals surface area (Å²) in [5.74, 6) is -1.34. The highest BCUT2D eigenvalue weighted by atomic mass is 16.4. The monoisotopic (exact) mass is 531 g/mol. The summed E-state index contributed by atoms with van der Waals surface area (Å²) < 4.78 is 0. The molecule has 5 aromatic rings. The van der Waals surface area contributed by atoms with Gasteiger partial charge in [0.15, 0.2) is 0 Å². The van der Waals surface area contributed by atoms with Crippen LogP contribution in [0.25, 0.3) is 21.5 Å². The summed E-state index contributed by atoms with van der Waals surface area (Å²) in [6, 6.07) is 34.5. The highest BCUT2D eigenvalue weighted by molar-refractivity contribution is 5.90. The molecule has 0 bridgehead atoms. The van der Waals surface area contributed by atoms with E-state index < -0.39 is 16.9 Å². The van der Waals surface area contributed by atoms with Crippen LogP contribution in [0.5, 0.6) is 5.75 Å². The number of carboxylic acids is 1. The van der Waals surface area contributed by atoms with Gasteiger partial charge in [-0.05, 0) is 63.7 Å². The second-order valence-corrected chi connectivity index (χ2v) is 10.8. The Balaban J connectivity index is 1.72. The molecular weight excluding hydrogens is 498 g/mol. The Labute approximate surface area is 234 Å². The molecule has 0 aliphatic carbocycles. The summed E-state index contributed by atoms with van der Waals surface area (Å²) in [5, 5.41) is 25.2. The zero-order valence-corrected chi connectivity index (χ0v) is 23.0. The van der Waals surface area contributed by atoms with E-state index >= 15 is 0 Å². The summed E-state index contributed by atoms with van der Waals surface area (Å²) in [4.78, 5) is 28.5. The molecule has 5 nitrogen and oxygen atoms in total. The van der Waals surface area contributed by atoms with Crippen LogP contribution in [-0.2, 0) is 28.0 Å². The maximum atomic E-state index is 13.5. The lowest BCUT2D eigenvalue weighted by Gasteiger charge is -2.50. The number of carbonyl (C=O) groups excluding carboxylic acids is 1. The molecule has 0 heterocycles. The zero-order chi connectivity index (χ0) is 28.5. The van der Waals surface area contributed by atoms with Crippen LogP contribution in [0, 0.1) is 0 Å². The first kappa shape index (κ1) is 26.9. The molecule has 0 fully saturated rings. The number of phenolic OH excluding ortho intramolecular Hbond substituents is 1. The maximum absolute atomic E-state index is 13.5. The van der Waals surface area contributed by atoms with Gasteiger partial charge in [-0.1, -0.05) is 104 Å². The number of hydrogen-bond acceptors (Lipinski definition) is 3. The summed E-state index contributed by atoms with van der Waals surface area (Å²) in [7, 11) is 0. The molecule has 0 aromatic heterocycles. The molecule has 5 rings (SSSR count). The highest BCUT2D eigenvalue weighted by Crippen LogP contribution is 2.45. The van der Waals surface area contributed by atoms with Crippen LogP contribution in [0.1, 0.15) is 37.5 Å². The van der Waals surface area contributed by atoms with E-state index in [4.69, 9.17) is 0 Å². The lowest BCUT2D eigenvalue weighted by atomic mass is 9.62. The minimum absolute atomic E-state index is 0.0902. The molecule has 0 aliphatic rings. The van der Waals surface area contributed by atoms with Crippen molar-refractivity contribution in [2.24, 2.45) is 0 Å². The molecule has 0 spiro atoms. The maximum Gasteiger partial charge on any atom is 0.330 e. The van der Waals surface area contributed by atoms with Crippen LogP contribution in [0.4, 0.5) is 0 Å². The molecule has 5 heteroatoms. The third kappa shape index (κ3) is 4.58. The molecule has 0 saturated carbocycles. The van der Waals surface area contributed by atoms with Crippen LogP contribution >= 0.6 is 0 Å². The van der Waals surface area contributed by atoms with E-state index in [0.717, 1.165) is 32.7 Å². The Morgan fingerprint density at radius 2 is 1.20 bits per heavy atom. The Morgan fingerprint density at radius 1 is 0.700 bits per heavy atom. The highest BCUT2D eigenvalue weighted by Gasteiger charge is 2.56. The van der Waals surface area contributed by atoms with E-state index in [1.807, 2.05) is 91.9 Å². The van der Waals surface area contributed by atoms with Gasteiger partial charge in [0.25, 0.3) is 0 Å². The number of nitrogens with zero attached hydrogens (tertiary/aromatic N) is 1. The Kier molecular flexibility index (Phi) is 7.07. The zero-order valence-electron chi connectivity index (χ0n) is 23.0. The summed E-state index contributed by atoms with van der Waals surface area (Å²) in [5.41, 5.74) is -0.183. The Bertz CT molecular complexity index is 1700. The number of aliphatic carboxylic acids is 1. The van der Waals surface area contributed by atoms with Crippen molar-refractivity contribution in [3.63, 3.8) is 0 Å². The fourth-order valence-corrected chi connectivity index (χ4v) is 6.05. The molecule has 2 atom stereocenters. The van der Waals surface area contributed by atoms with Gasteiger partial charge in [0.2, 0.25) is 5.91 Å². The van der Waals surface area contributed by atoms with Gasteiger partial charge in [-0.25, -0.2) is 4.79 Å². The van der Waals surface area contributed by atoms with E-state index in [0.29, 0.717) is 12.0 Å². The average Bonchev–Trinajstić information content (AvgIpc) is 2.95. The van der Waals surface area contributed by atoms with E-state index in [9.17, 15) is 19.8 Å². The summed E-state index contributed by atoms with van der Waals surface area (Å²) >= 11 is 0. The minimum Gasteiger partial charge on any atom is -0.508 e. The summed E-state index contributed by atoms with van der Waals surface area (Å²) in [6.07, 6.45) is 0.348. The molecule has 5 aromatic carbocycles. The number of hydrogen-bond donors (Lipinski definition) is 2. The fourth-order valence-electron chi connectivity index (χ4n) is 6.05. The van der Waals surface area contributed by atoms with Crippen molar-refractivity contribution in [1.82, 2.24) is 4.90 Å². The lowest BCUT2D eigenvalue weighted by molar-refractivity contribution is -0.164. The van der Waals surface area contributed by atoms with Gasteiger partial charge in [0.1, 0.15) is 11.3 Å². The van der Waals surface area contributed by atoms with E-state index in [1.54, 1.807) is 31.2 Å². The SMILES string of the molecule is CC(=O)N(Cc1cccc2ccccc12)[C@@](C)(C(=O)O)C(C)(Cc1cccc2ccccc12)c1ccc(O)cc1. The van der Waals surface area contributed by atoms with Gasteiger partial charge in [0, 0.05) is 18.9 Å². The smallest absolute Gasteiger partial charge is 0.330 e. The van der Waals surface area contributed by atoms with Gasteiger partial charge in [-0.15, -0.1) is 0 Å². The minimum atomic E-state index is -1.66. The number of aromatic hydroxyl groups is 1. The van der Waals surface area contributed by atoms with Gasteiger partial charge >= 0.3 is 5.97 Å². The standard InChI is InChI=1S/C35H33NO4/c1-24(37)36(23-28-15-9-13-26-11-5-7-17-32(26)28)35(3,33(39)40)34(2,29-18-20-30(38)21-19-29)22-27-14-8-12-25-10-4-6-16-31(25)27/h4-21,38H,22-23H2,1-3H3,(H,39,40)/t34?,35-/m0/s1. The van der Waals surface area contributed by atoms with Crippen LogP contribution in [-0.4, -0.2) is 32.5 Å². The number of phenols is 1. The van der Waals surface area contributed by atoms with Crippen LogP contribution < -0.4 is 0 Å². The second-order valence-electron chi connectivity index (χ2n) is 10.8. The molecule has 202 valence electrons. The Hall–Kier alpha value is -4.64. The molecule has 40 heavy (non-hydrogen) atoms. The van der Waals surface area contributed by atoms with Gasteiger partial charge < -0.3 is 15.1 Å². The van der Waals surface area contributed by atoms with Crippen molar-refractivity contribution in [2.75, 3.05) is 0 Å². The van der Waals surface area contributed by atoms with Crippen LogP contribution in [0.2, 0.25) is 0 Å². The molecular formula is C35H33NO4. The van der Waals surface area contributed by atoms with Crippen molar-refractivity contribution in [3.8, 4) is 5.75 Å². The number of benzene rings is 5. The number of rotatable bonds is 8. The number of amides is 1. The van der Waals surface area contributed by atoms with E-state index in [2.05, 4.69) is 0 Å². The molecule has 1 unspecified atom stereocenters. The predicted octanol–water partition coefficient (Wildman–Crippen LogP) is 7.09. The quantitative estimate of drug-likeness (QED) is 0.224. The number of carbonyl (C=O) groups is 2. The Morgan fingerprint density at radius 3 is 1.75 bits per heavy atom. The molecule has 0 aliphatic heterocycles. The normalized spacial score (nSPS) is 14.4. The average molecular weight is 532 g/mol. The van der Waals surface area contributed by atoms with Crippen molar-refractivity contribution in [1.29, 1.82) is 0 Å². The predicted molar refractivity (Wildman–Crippen MR) is 159 cm³/mol. The summed E-state index contributed by atoms with van der Waals surface area (Å²) in [6.45, 7) is 5.12. The van der Waals surface area contributed by atoms with E-state index in [-0.39, 0.29) is 18.2 Å². The first-order chi connectivity index (χ1) is 19.1. The van der Waals surface area contributed by atoms with Crippen LogP contribution in [0.15, 0.2) is 109 Å². The van der Waals surface area contributed by atoms with Gasteiger partial charge in [-0.3, -0.25) is 4.79 Å². The first-order valence-electron chi connectivity index (χ1n) is 13.4. The third-order valence-corrected chi connectivity index (χ3v) is 8.55. The topological polar surface area (TPSA) is 77.8 Å². The first-order valence-corrected chi connectivity index (χ1v) is 13.4. The van der Waals surface area contributed by atoms with Gasteiger partial charge in [0.05, 0.1) is 0 Å². The third-order valence-electron chi connectivity index (χ3n) is 8.55. The lowest BCUT2D eigenvalue weighted by Crippen LogP contribution is -2.65. The fraction of sp³-hybridized carbons (Fsp3) is 0.200. The molecule has 2 N–H and O–H groups in total. The number of fused-ring (bicyclic) bond motifs is 2. The number of carboxylic acid groups (broad SMARTS) is 1. The molecule has 0 saturated heterocycles. The van der Waals surface area contributed by atoms with Crippen molar-refractivity contribution in [2.45, 2.75) is 44.7 Å². The molecule has 1 amide bonds. The van der Waals surface area contributed by atoms with Crippen molar-refractivity contribution in [3.05, 3.63) is 126 Å². The van der Waals surface area contributed by atoms with Crippen LogP contribution in [0.3, 0.4) is 0 Å². The second kappa shape index (κ2) is 10.5. The van der Waals surface area contributed by atoms with Crippen molar-refractivity contribution < 1.29 is 19.8 Å².